The van der Waals surface area contributed by atoms with Crippen LogP contribution in [0.15, 0.2) is 30.3 Å². The summed E-state index contributed by atoms with van der Waals surface area (Å²) in [5.41, 5.74) is 1.19. The molecular formula is C14H22N2O. The van der Waals surface area contributed by atoms with Gasteiger partial charge in [-0.3, -0.25) is 0 Å². The van der Waals surface area contributed by atoms with Crippen LogP contribution in [0.25, 0.3) is 0 Å². The molecule has 0 aromatic heterocycles. The van der Waals surface area contributed by atoms with E-state index in [1.807, 2.05) is 18.2 Å². The maximum absolute atomic E-state index is 5.53. The first-order chi connectivity index (χ1) is 8.38. The van der Waals surface area contributed by atoms with Crippen LogP contribution in [0.1, 0.15) is 19.8 Å². The molecule has 1 fully saturated rings. The zero-order chi connectivity index (χ0) is 11.9. The predicted octanol–water partition coefficient (Wildman–Crippen LogP) is 2.26. The third kappa shape index (κ3) is 4.02. The van der Waals surface area contributed by atoms with Crippen molar-refractivity contribution in [1.29, 1.82) is 0 Å². The van der Waals surface area contributed by atoms with Gasteiger partial charge in [0, 0.05) is 31.4 Å². The van der Waals surface area contributed by atoms with E-state index < -0.39 is 0 Å². The molecule has 1 aromatic carbocycles. The Labute approximate surface area is 104 Å². The van der Waals surface area contributed by atoms with Gasteiger partial charge in [0.25, 0.3) is 0 Å². The fraction of sp³-hybridized carbons (Fsp3) is 0.571. The van der Waals surface area contributed by atoms with Crippen LogP contribution >= 0.6 is 0 Å². The van der Waals surface area contributed by atoms with Gasteiger partial charge in [0.15, 0.2) is 0 Å². The molecule has 0 radical (unpaired) electrons. The molecule has 0 heterocycles. The normalized spacial score (nSPS) is 23.1. The van der Waals surface area contributed by atoms with Gasteiger partial charge >= 0.3 is 0 Å². The molecule has 2 N–H and O–H groups in total. The van der Waals surface area contributed by atoms with Gasteiger partial charge in [-0.1, -0.05) is 18.2 Å². The van der Waals surface area contributed by atoms with Crippen LogP contribution < -0.4 is 10.6 Å². The molecule has 0 saturated heterocycles. The molecule has 0 aliphatic heterocycles. The summed E-state index contributed by atoms with van der Waals surface area (Å²) in [5.74, 6) is 0. The van der Waals surface area contributed by atoms with Crippen LogP contribution in [0.5, 0.6) is 0 Å². The van der Waals surface area contributed by atoms with Gasteiger partial charge in [0.05, 0.1) is 6.10 Å². The van der Waals surface area contributed by atoms with Crippen molar-refractivity contribution in [2.45, 2.75) is 31.9 Å². The van der Waals surface area contributed by atoms with Crippen LogP contribution in [-0.4, -0.2) is 31.8 Å². The topological polar surface area (TPSA) is 33.3 Å². The highest BCUT2D eigenvalue weighted by molar-refractivity contribution is 5.42. The van der Waals surface area contributed by atoms with Gasteiger partial charge in [-0.2, -0.15) is 0 Å². The minimum absolute atomic E-state index is 0.500. The van der Waals surface area contributed by atoms with E-state index in [0.29, 0.717) is 12.1 Å². The number of nitrogens with one attached hydrogen (secondary N) is 2. The van der Waals surface area contributed by atoms with Gasteiger partial charge < -0.3 is 15.4 Å². The summed E-state index contributed by atoms with van der Waals surface area (Å²) in [6.07, 6.45) is 2.83. The maximum atomic E-state index is 5.53. The monoisotopic (exact) mass is 234 g/mol. The molecule has 1 saturated carbocycles. The largest absolute Gasteiger partial charge is 0.384 e. The Balaban J connectivity index is 1.50. The highest BCUT2D eigenvalue weighted by atomic mass is 16.5. The number of benzene rings is 1. The zero-order valence-corrected chi connectivity index (χ0v) is 10.5. The molecule has 17 heavy (non-hydrogen) atoms. The summed E-state index contributed by atoms with van der Waals surface area (Å²) in [6.45, 7) is 4.88. The standard InChI is InChI=1S/C14H22N2O/c1-2-17-14-10-13(11-14)16-9-8-15-12-6-4-3-5-7-12/h3-7,13-16H,2,8-11H2,1H3. The molecule has 0 unspecified atom stereocenters. The van der Waals surface area contributed by atoms with E-state index in [1.54, 1.807) is 0 Å². The number of hydrogen-bond donors (Lipinski definition) is 2. The van der Waals surface area contributed by atoms with Gasteiger partial charge in [0.2, 0.25) is 0 Å². The van der Waals surface area contributed by atoms with Crippen LogP contribution in [-0.2, 0) is 4.74 Å². The first-order valence-electron chi connectivity index (χ1n) is 6.52. The minimum atomic E-state index is 0.500. The molecule has 1 aliphatic rings. The summed E-state index contributed by atoms with van der Waals surface area (Å²) < 4.78 is 5.53. The minimum Gasteiger partial charge on any atom is -0.384 e. The van der Waals surface area contributed by atoms with Crippen molar-refractivity contribution >= 4 is 5.69 Å². The molecule has 3 heteroatoms. The number of anilines is 1. The molecule has 94 valence electrons. The first-order valence-corrected chi connectivity index (χ1v) is 6.52. The lowest BCUT2D eigenvalue weighted by Crippen LogP contribution is -2.46. The Kier molecular flexibility index (Phi) is 4.83. The lowest BCUT2D eigenvalue weighted by atomic mass is 9.89. The summed E-state index contributed by atoms with van der Waals surface area (Å²) in [5, 5.41) is 6.93. The Morgan fingerprint density at radius 2 is 1.94 bits per heavy atom. The second-order valence-corrected chi connectivity index (χ2v) is 4.49. The average Bonchev–Trinajstić information content (AvgIpc) is 2.32. The zero-order valence-electron chi connectivity index (χ0n) is 10.5. The van der Waals surface area contributed by atoms with Crippen molar-refractivity contribution in [3.8, 4) is 0 Å². The van der Waals surface area contributed by atoms with Crippen molar-refractivity contribution in [3.05, 3.63) is 30.3 Å². The molecule has 0 atom stereocenters. The van der Waals surface area contributed by atoms with Crippen molar-refractivity contribution in [2.75, 3.05) is 25.0 Å². The Bertz CT molecular complexity index is 309. The van der Waals surface area contributed by atoms with Crippen molar-refractivity contribution in [2.24, 2.45) is 0 Å². The lowest BCUT2D eigenvalue weighted by Gasteiger charge is -2.35. The summed E-state index contributed by atoms with van der Waals surface area (Å²) in [7, 11) is 0. The molecule has 1 aromatic rings. The fourth-order valence-electron chi connectivity index (χ4n) is 2.14. The number of para-hydroxylation sites is 1. The Morgan fingerprint density at radius 1 is 1.18 bits per heavy atom. The van der Waals surface area contributed by atoms with E-state index in [9.17, 15) is 0 Å². The third-order valence-corrected chi connectivity index (χ3v) is 3.16. The van der Waals surface area contributed by atoms with E-state index in [1.165, 1.54) is 18.5 Å². The summed E-state index contributed by atoms with van der Waals surface area (Å²) in [4.78, 5) is 0. The smallest absolute Gasteiger partial charge is 0.0604 e. The van der Waals surface area contributed by atoms with Gasteiger partial charge in [-0.05, 0) is 31.9 Å². The Hall–Kier alpha value is -1.06. The second-order valence-electron chi connectivity index (χ2n) is 4.49. The van der Waals surface area contributed by atoms with E-state index >= 15 is 0 Å². The van der Waals surface area contributed by atoms with Crippen molar-refractivity contribution in [1.82, 2.24) is 5.32 Å². The molecule has 2 rings (SSSR count). The number of hydrogen-bond acceptors (Lipinski definition) is 3. The number of rotatable bonds is 7. The van der Waals surface area contributed by atoms with Crippen LogP contribution in [0, 0.1) is 0 Å². The van der Waals surface area contributed by atoms with Crippen LogP contribution in [0.2, 0.25) is 0 Å². The average molecular weight is 234 g/mol. The lowest BCUT2D eigenvalue weighted by molar-refractivity contribution is -0.00943. The molecule has 1 aliphatic carbocycles. The number of ether oxygens (including phenoxy) is 1. The van der Waals surface area contributed by atoms with Crippen LogP contribution in [0.4, 0.5) is 5.69 Å². The highest BCUT2D eigenvalue weighted by Gasteiger charge is 2.28. The quantitative estimate of drug-likeness (QED) is 0.710. The molecule has 0 spiro atoms. The van der Waals surface area contributed by atoms with Crippen LogP contribution in [0.3, 0.4) is 0 Å². The first kappa shape index (κ1) is 12.4. The van der Waals surface area contributed by atoms with E-state index in [-0.39, 0.29) is 0 Å². The third-order valence-electron chi connectivity index (χ3n) is 3.16. The van der Waals surface area contributed by atoms with E-state index in [4.69, 9.17) is 4.74 Å². The van der Waals surface area contributed by atoms with Crippen molar-refractivity contribution < 1.29 is 4.74 Å². The summed E-state index contributed by atoms with van der Waals surface area (Å²) >= 11 is 0. The highest BCUT2D eigenvalue weighted by Crippen LogP contribution is 2.22. The van der Waals surface area contributed by atoms with Crippen molar-refractivity contribution in [3.63, 3.8) is 0 Å². The van der Waals surface area contributed by atoms with Gasteiger partial charge in [-0.25, -0.2) is 0 Å². The van der Waals surface area contributed by atoms with E-state index in [0.717, 1.165) is 19.7 Å². The molecular weight excluding hydrogens is 212 g/mol. The second kappa shape index (κ2) is 6.62. The fourth-order valence-corrected chi connectivity index (χ4v) is 2.14. The molecule has 0 bridgehead atoms. The van der Waals surface area contributed by atoms with Gasteiger partial charge in [-0.15, -0.1) is 0 Å². The van der Waals surface area contributed by atoms with Gasteiger partial charge in [0.1, 0.15) is 0 Å². The predicted molar refractivity (Wildman–Crippen MR) is 71.4 cm³/mol. The summed E-state index contributed by atoms with van der Waals surface area (Å²) in [6, 6.07) is 11.0. The maximum Gasteiger partial charge on any atom is 0.0604 e. The Morgan fingerprint density at radius 3 is 2.65 bits per heavy atom. The van der Waals surface area contributed by atoms with E-state index in [2.05, 4.69) is 29.7 Å². The SMILES string of the molecule is CCOC1CC(NCCNc2ccccc2)C1. The molecule has 0 amide bonds. The molecule has 3 nitrogen and oxygen atoms in total.